The van der Waals surface area contributed by atoms with Crippen molar-refractivity contribution in [2.45, 2.75) is 13.5 Å². The summed E-state index contributed by atoms with van der Waals surface area (Å²) in [4.78, 5) is 12.6. The summed E-state index contributed by atoms with van der Waals surface area (Å²) >= 11 is 0. The summed E-state index contributed by atoms with van der Waals surface area (Å²) in [5.74, 6) is 0.556. The minimum atomic E-state index is 0.237. The highest BCUT2D eigenvalue weighted by atomic mass is 15.2. The van der Waals surface area contributed by atoms with Gasteiger partial charge in [0.25, 0.3) is 0 Å². The molecule has 6 aromatic carbocycles. The molecule has 55 heavy (non-hydrogen) atoms. The lowest BCUT2D eigenvalue weighted by molar-refractivity contribution is 0.902. The number of nitrogens with two attached hydrogens (primary N) is 1. The molecule has 0 radical (unpaired) electrons. The quantitative estimate of drug-likeness (QED) is 0.131. The Morgan fingerprint density at radius 1 is 0.673 bits per heavy atom. The molecule has 0 unspecified atom stereocenters. The second-order valence-electron chi connectivity index (χ2n) is 13.3. The molecule has 8 rings (SSSR count). The maximum absolute atomic E-state index is 6.44. The number of rotatable bonds is 11. The number of nitrogens with one attached hydrogen (secondary N) is 1. The van der Waals surface area contributed by atoms with Gasteiger partial charge in [-0.25, -0.2) is 9.97 Å². The van der Waals surface area contributed by atoms with Crippen LogP contribution in [-0.2, 0) is 6.54 Å². The maximum Gasteiger partial charge on any atom is 0.235 e. The molecule has 8 aromatic rings. The fourth-order valence-electron chi connectivity index (χ4n) is 7.00. The van der Waals surface area contributed by atoms with Crippen LogP contribution < -0.4 is 16.0 Å². The molecule has 0 bridgehead atoms. The second-order valence-corrected chi connectivity index (χ2v) is 13.3. The molecule has 0 aliphatic heterocycles. The zero-order chi connectivity index (χ0) is 37.6. The molecule has 6 nitrogen and oxygen atoms in total. The number of fused-ring (bicyclic) bond motifs is 1. The maximum atomic E-state index is 6.44. The average molecular weight is 715 g/mol. The van der Waals surface area contributed by atoms with Gasteiger partial charge in [0.05, 0.1) is 22.6 Å². The van der Waals surface area contributed by atoms with Crippen molar-refractivity contribution < 1.29 is 0 Å². The zero-order valence-electron chi connectivity index (χ0n) is 31.0. The smallest absolute Gasteiger partial charge is 0.235 e. The first kappa shape index (κ1) is 35.0. The fraction of sp³-hybridized carbons (Fsp3) is 0.0612. The molecule has 0 aliphatic carbocycles. The molecule has 2 heterocycles. The van der Waals surface area contributed by atoms with Crippen LogP contribution in [0.5, 0.6) is 0 Å². The lowest BCUT2D eigenvalue weighted by Crippen LogP contribution is -2.12. The van der Waals surface area contributed by atoms with Crippen molar-refractivity contribution in [1.29, 1.82) is 0 Å². The van der Waals surface area contributed by atoms with Crippen LogP contribution in [0.25, 0.3) is 56.4 Å². The second kappa shape index (κ2) is 15.9. The van der Waals surface area contributed by atoms with Crippen molar-refractivity contribution in [3.63, 3.8) is 0 Å². The Bertz CT molecular complexity index is 2610. The Labute approximate surface area is 322 Å². The third-order valence-corrected chi connectivity index (χ3v) is 9.81. The molecular weight excluding hydrogens is 673 g/mol. The van der Waals surface area contributed by atoms with E-state index < -0.39 is 0 Å². The number of anilines is 4. The van der Waals surface area contributed by atoms with Crippen molar-refractivity contribution in [3.05, 3.63) is 193 Å². The number of para-hydroxylation sites is 2. The molecular formula is C49H42N6. The average Bonchev–Trinajstić information content (AvgIpc) is 3.62. The monoisotopic (exact) mass is 714 g/mol. The standard InChI is InChI=1S/C49H42N6/c1-3-4-9-22-39-34-55(49-52-44(33-50)48(51-40-23-14-7-15-24-40)47(53-49)36-20-12-6-13-21-36)46-30-28-38(32-43(39)46)37-27-29-45(54(2)41-25-16-8-17-26-41)42(31-37)35-18-10-5-11-19-35/h3-32,34,51H,33,50H2,1-2H3/b4-3-,22-9-. The number of nitrogens with zero attached hydrogens (tertiary/aromatic N) is 4. The summed E-state index contributed by atoms with van der Waals surface area (Å²) in [7, 11) is 2.13. The Morgan fingerprint density at radius 2 is 1.31 bits per heavy atom. The summed E-state index contributed by atoms with van der Waals surface area (Å²) in [5.41, 5.74) is 19.6. The van der Waals surface area contributed by atoms with E-state index in [1.165, 1.54) is 0 Å². The van der Waals surface area contributed by atoms with Gasteiger partial charge in [-0.2, -0.15) is 0 Å². The van der Waals surface area contributed by atoms with Crippen LogP contribution >= 0.6 is 0 Å². The Morgan fingerprint density at radius 3 is 2.00 bits per heavy atom. The van der Waals surface area contributed by atoms with Gasteiger partial charge in [-0.3, -0.25) is 4.57 Å². The summed E-state index contributed by atoms with van der Waals surface area (Å²) in [6.45, 7) is 2.26. The largest absolute Gasteiger partial charge is 0.352 e. The molecule has 3 N–H and O–H groups in total. The molecule has 0 aliphatic rings. The van der Waals surface area contributed by atoms with E-state index in [4.69, 9.17) is 15.7 Å². The predicted molar refractivity (Wildman–Crippen MR) is 231 cm³/mol. The Hall–Kier alpha value is -7.02. The van der Waals surface area contributed by atoms with Gasteiger partial charge in [0.15, 0.2) is 0 Å². The summed E-state index contributed by atoms with van der Waals surface area (Å²) in [6.07, 6.45) is 10.4. The SMILES string of the molecule is C/C=C\C=C/c1cn(-c2nc(CN)c(Nc3ccccc3)c(-c3ccccc3)n2)c2ccc(-c3ccc(N(C)c4ccccc4)c(-c4ccccc4)c3)cc12. The molecule has 268 valence electrons. The lowest BCUT2D eigenvalue weighted by Gasteiger charge is -2.24. The topological polar surface area (TPSA) is 72.0 Å². The third-order valence-electron chi connectivity index (χ3n) is 9.81. The number of aromatic nitrogens is 3. The molecule has 0 saturated heterocycles. The molecule has 0 saturated carbocycles. The number of benzene rings is 6. The first-order valence-electron chi connectivity index (χ1n) is 18.5. The van der Waals surface area contributed by atoms with Gasteiger partial charge in [-0.05, 0) is 72.1 Å². The van der Waals surface area contributed by atoms with Crippen LogP contribution in [0, 0.1) is 0 Å². The van der Waals surface area contributed by atoms with E-state index in [2.05, 4.69) is 143 Å². The van der Waals surface area contributed by atoms with Gasteiger partial charge in [-0.15, -0.1) is 0 Å². The van der Waals surface area contributed by atoms with E-state index in [0.717, 1.165) is 78.4 Å². The number of hydrogen-bond acceptors (Lipinski definition) is 5. The highest BCUT2D eigenvalue weighted by molar-refractivity contribution is 5.95. The highest BCUT2D eigenvalue weighted by Crippen LogP contribution is 2.39. The Kier molecular flexibility index (Phi) is 10.1. The summed E-state index contributed by atoms with van der Waals surface area (Å²) in [5, 5.41) is 4.67. The fourth-order valence-corrected chi connectivity index (χ4v) is 7.00. The third kappa shape index (κ3) is 7.32. The van der Waals surface area contributed by atoms with E-state index in [1.54, 1.807) is 0 Å². The molecule has 0 spiro atoms. The number of allylic oxidation sites excluding steroid dienone is 3. The highest BCUT2D eigenvalue weighted by Gasteiger charge is 2.20. The minimum absolute atomic E-state index is 0.237. The van der Waals surface area contributed by atoms with Gasteiger partial charge in [0.1, 0.15) is 0 Å². The van der Waals surface area contributed by atoms with Crippen molar-refractivity contribution in [2.24, 2.45) is 5.73 Å². The summed E-state index contributed by atoms with van der Waals surface area (Å²) < 4.78 is 2.08. The minimum Gasteiger partial charge on any atom is -0.352 e. The van der Waals surface area contributed by atoms with Crippen molar-refractivity contribution in [3.8, 4) is 39.5 Å². The van der Waals surface area contributed by atoms with E-state index in [-0.39, 0.29) is 6.54 Å². The first-order valence-corrected chi connectivity index (χ1v) is 18.5. The Balaban J connectivity index is 1.28. The van der Waals surface area contributed by atoms with Crippen LogP contribution in [0.1, 0.15) is 18.2 Å². The van der Waals surface area contributed by atoms with Gasteiger partial charge in [0, 0.05) is 58.9 Å². The van der Waals surface area contributed by atoms with Crippen molar-refractivity contribution in [2.75, 3.05) is 17.3 Å². The van der Waals surface area contributed by atoms with Crippen LogP contribution in [0.15, 0.2) is 182 Å². The van der Waals surface area contributed by atoms with Gasteiger partial charge < -0.3 is 16.0 Å². The molecule has 0 atom stereocenters. The molecule has 0 fully saturated rings. The molecule has 2 aromatic heterocycles. The van der Waals surface area contributed by atoms with Crippen LogP contribution in [-0.4, -0.2) is 21.6 Å². The summed E-state index contributed by atoms with van der Waals surface area (Å²) in [6, 6.07) is 54.7. The first-order chi connectivity index (χ1) is 27.1. The lowest BCUT2D eigenvalue weighted by atomic mass is 9.95. The number of hydrogen-bond donors (Lipinski definition) is 2. The van der Waals surface area contributed by atoms with E-state index >= 15 is 0 Å². The van der Waals surface area contributed by atoms with E-state index in [1.807, 2.05) is 73.7 Å². The molecule has 6 heteroatoms. The predicted octanol–water partition coefficient (Wildman–Crippen LogP) is 12.0. The van der Waals surface area contributed by atoms with E-state index in [9.17, 15) is 0 Å². The van der Waals surface area contributed by atoms with Gasteiger partial charge >= 0.3 is 0 Å². The normalized spacial score (nSPS) is 11.5. The van der Waals surface area contributed by atoms with Crippen molar-refractivity contribution >= 4 is 39.7 Å². The van der Waals surface area contributed by atoms with Gasteiger partial charge in [-0.1, -0.05) is 133 Å². The van der Waals surface area contributed by atoms with Crippen molar-refractivity contribution in [1.82, 2.24) is 14.5 Å². The van der Waals surface area contributed by atoms with Gasteiger partial charge in [0.2, 0.25) is 5.95 Å². The van der Waals surface area contributed by atoms with E-state index in [0.29, 0.717) is 5.95 Å². The van der Waals surface area contributed by atoms with Crippen LogP contribution in [0.2, 0.25) is 0 Å². The van der Waals surface area contributed by atoms with Crippen LogP contribution in [0.4, 0.5) is 22.7 Å². The van der Waals surface area contributed by atoms with Crippen LogP contribution in [0.3, 0.4) is 0 Å². The zero-order valence-corrected chi connectivity index (χ0v) is 31.0. The molecule has 0 amide bonds.